The number of nitrogens with one attached hydrogen (secondary N) is 2. The highest BCUT2D eigenvalue weighted by Gasteiger charge is 1.98. The fourth-order valence-corrected chi connectivity index (χ4v) is 1.48. The van der Waals surface area contributed by atoms with Crippen LogP contribution in [0.4, 0.5) is 5.82 Å². The smallest absolute Gasteiger partial charge is 0.216 e. The first-order valence-corrected chi connectivity index (χ1v) is 5.46. The summed E-state index contributed by atoms with van der Waals surface area (Å²) in [5.74, 6) is 0.737. The molecular formula is C12H14N4O. The minimum Gasteiger partial charge on any atom is -0.368 e. The third-order valence-corrected chi connectivity index (χ3v) is 2.27. The van der Waals surface area contributed by atoms with Crippen LogP contribution in [0.2, 0.25) is 0 Å². The Hall–Kier alpha value is -2.17. The van der Waals surface area contributed by atoms with Gasteiger partial charge in [0.05, 0.1) is 0 Å². The van der Waals surface area contributed by atoms with Gasteiger partial charge in [0.1, 0.15) is 5.82 Å². The molecule has 0 aromatic carbocycles. The molecule has 2 heterocycles. The Bertz CT molecular complexity index is 527. The number of anilines is 1. The summed E-state index contributed by atoms with van der Waals surface area (Å²) in [6, 6.07) is 7.72. The van der Waals surface area contributed by atoms with E-state index in [0.29, 0.717) is 13.1 Å². The molecule has 0 unspecified atom stereocenters. The van der Waals surface area contributed by atoms with Crippen LogP contribution in [-0.2, 0) is 4.79 Å². The van der Waals surface area contributed by atoms with Crippen molar-refractivity contribution in [3.8, 4) is 0 Å². The van der Waals surface area contributed by atoms with Crippen LogP contribution in [0.5, 0.6) is 0 Å². The molecule has 0 fully saturated rings. The number of pyridine rings is 2. The maximum atomic E-state index is 10.7. The van der Waals surface area contributed by atoms with Crippen LogP contribution in [0.1, 0.15) is 6.92 Å². The highest BCUT2D eigenvalue weighted by atomic mass is 16.1. The Morgan fingerprint density at radius 1 is 1.29 bits per heavy atom. The number of hydrogen-bond donors (Lipinski definition) is 2. The molecule has 0 aliphatic carbocycles. The minimum atomic E-state index is -0.0278. The van der Waals surface area contributed by atoms with Gasteiger partial charge in [-0.2, -0.15) is 0 Å². The van der Waals surface area contributed by atoms with Crippen molar-refractivity contribution in [2.75, 3.05) is 18.4 Å². The van der Waals surface area contributed by atoms with Gasteiger partial charge in [-0.3, -0.25) is 4.79 Å². The largest absolute Gasteiger partial charge is 0.368 e. The lowest BCUT2D eigenvalue weighted by Crippen LogP contribution is -2.26. The SMILES string of the molecule is CC(=O)NCCNc1ccc2cccnc2n1. The van der Waals surface area contributed by atoms with E-state index in [2.05, 4.69) is 20.6 Å². The minimum absolute atomic E-state index is 0.0278. The van der Waals surface area contributed by atoms with Crippen LogP contribution >= 0.6 is 0 Å². The molecule has 5 heteroatoms. The summed E-state index contributed by atoms with van der Waals surface area (Å²) in [5.41, 5.74) is 0.719. The van der Waals surface area contributed by atoms with Crippen molar-refractivity contribution in [1.29, 1.82) is 0 Å². The Morgan fingerprint density at radius 3 is 3.00 bits per heavy atom. The number of nitrogens with zero attached hydrogens (tertiary/aromatic N) is 2. The molecule has 0 saturated carbocycles. The topological polar surface area (TPSA) is 66.9 Å². The first kappa shape index (κ1) is 11.3. The highest BCUT2D eigenvalue weighted by Crippen LogP contribution is 2.11. The van der Waals surface area contributed by atoms with Crippen LogP contribution in [-0.4, -0.2) is 29.0 Å². The third-order valence-electron chi connectivity index (χ3n) is 2.27. The van der Waals surface area contributed by atoms with Gasteiger partial charge in [0, 0.05) is 31.6 Å². The van der Waals surface area contributed by atoms with Gasteiger partial charge in [0.15, 0.2) is 5.65 Å². The van der Waals surface area contributed by atoms with Gasteiger partial charge in [-0.15, -0.1) is 0 Å². The van der Waals surface area contributed by atoms with Crippen LogP contribution in [0.15, 0.2) is 30.5 Å². The summed E-state index contributed by atoms with van der Waals surface area (Å²) >= 11 is 0. The fraction of sp³-hybridized carbons (Fsp3) is 0.250. The molecular weight excluding hydrogens is 216 g/mol. The third kappa shape index (κ3) is 3.14. The zero-order valence-electron chi connectivity index (χ0n) is 9.60. The van der Waals surface area contributed by atoms with E-state index >= 15 is 0 Å². The summed E-state index contributed by atoms with van der Waals surface area (Å²) in [5, 5.41) is 6.85. The lowest BCUT2D eigenvalue weighted by Gasteiger charge is -2.06. The second-order valence-electron chi connectivity index (χ2n) is 3.66. The van der Waals surface area contributed by atoms with Crippen LogP contribution < -0.4 is 10.6 Å². The molecule has 0 aliphatic rings. The number of aromatic nitrogens is 2. The molecule has 2 aromatic heterocycles. The van der Waals surface area contributed by atoms with Gasteiger partial charge in [0.25, 0.3) is 0 Å². The van der Waals surface area contributed by atoms with Gasteiger partial charge in [-0.05, 0) is 24.3 Å². The van der Waals surface area contributed by atoms with Crippen molar-refractivity contribution in [2.45, 2.75) is 6.92 Å². The molecule has 2 N–H and O–H groups in total. The van der Waals surface area contributed by atoms with Crippen LogP contribution in [0, 0.1) is 0 Å². The maximum Gasteiger partial charge on any atom is 0.216 e. The molecule has 0 radical (unpaired) electrons. The van der Waals surface area contributed by atoms with Gasteiger partial charge in [-0.1, -0.05) is 0 Å². The summed E-state index contributed by atoms with van der Waals surface area (Å²) < 4.78 is 0. The molecule has 0 spiro atoms. The lowest BCUT2D eigenvalue weighted by molar-refractivity contribution is -0.118. The van der Waals surface area contributed by atoms with Gasteiger partial charge >= 0.3 is 0 Å². The van der Waals surface area contributed by atoms with Crippen molar-refractivity contribution in [3.05, 3.63) is 30.5 Å². The summed E-state index contributed by atoms with van der Waals surface area (Å²) in [6.45, 7) is 2.72. The number of carbonyl (C=O) groups is 1. The van der Waals surface area contributed by atoms with E-state index in [1.165, 1.54) is 6.92 Å². The number of fused-ring (bicyclic) bond motifs is 1. The number of carbonyl (C=O) groups excluding carboxylic acids is 1. The van der Waals surface area contributed by atoms with Crippen molar-refractivity contribution < 1.29 is 4.79 Å². The molecule has 88 valence electrons. The molecule has 0 bridgehead atoms. The zero-order chi connectivity index (χ0) is 12.1. The number of amides is 1. The average molecular weight is 230 g/mol. The van der Waals surface area contributed by atoms with Crippen LogP contribution in [0.25, 0.3) is 11.0 Å². The molecule has 0 atom stereocenters. The van der Waals surface area contributed by atoms with Crippen molar-refractivity contribution in [1.82, 2.24) is 15.3 Å². The van der Waals surface area contributed by atoms with E-state index < -0.39 is 0 Å². The van der Waals surface area contributed by atoms with E-state index in [-0.39, 0.29) is 5.91 Å². The van der Waals surface area contributed by atoms with E-state index in [9.17, 15) is 4.79 Å². The number of rotatable bonds is 4. The molecule has 2 rings (SSSR count). The molecule has 1 amide bonds. The first-order valence-electron chi connectivity index (χ1n) is 5.46. The molecule has 17 heavy (non-hydrogen) atoms. The Morgan fingerprint density at radius 2 is 2.18 bits per heavy atom. The summed E-state index contributed by atoms with van der Waals surface area (Å²) in [4.78, 5) is 19.2. The zero-order valence-corrected chi connectivity index (χ0v) is 9.60. The van der Waals surface area contributed by atoms with Crippen molar-refractivity contribution in [2.24, 2.45) is 0 Å². The average Bonchev–Trinajstić information content (AvgIpc) is 2.34. The monoisotopic (exact) mass is 230 g/mol. The maximum absolute atomic E-state index is 10.7. The number of hydrogen-bond acceptors (Lipinski definition) is 4. The molecule has 5 nitrogen and oxygen atoms in total. The standard InChI is InChI=1S/C12H14N4O/c1-9(17)13-7-8-14-11-5-4-10-3-2-6-15-12(10)16-11/h2-6H,7-8H2,1H3,(H,13,17)(H,14,15,16). The molecule has 0 saturated heterocycles. The van der Waals surface area contributed by atoms with Crippen LogP contribution in [0.3, 0.4) is 0 Å². The second-order valence-corrected chi connectivity index (χ2v) is 3.66. The van der Waals surface area contributed by atoms with E-state index in [1.807, 2.05) is 24.3 Å². The van der Waals surface area contributed by atoms with E-state index in [1.54, 1.807) is 6.20 Å². The predicted molar refractivity (Wildman–Crippen MR) is 66.7 cm³/mol. The molecule has 0 aliphatic heterocycles. The summed E-state index contributed by atoms with van der Waals surface area (Å²) in [6.07, 6.45) is 1.72. The molecule has 2 aromatic rings. The van der Waals surface area contributed by atoms with Crippen molar-refractivity contribution >= 4 is 22.8 Å². The lowest BCUT2D eigenvalue weighted by atomic mass is 10.3. The van der Waals surface area contributed by atoms with Gasteiger partial charge in [-0.25, -0.2) is 9.97 Å². The normalized spacial score (nSPS) is 10.2. The Kier molecular flexibility index (Phi) is 3.49. The second kappa shape index (κ2) is 5.25. The predicted octanol–water partition coefficient (Wildman–Crippen LogP) is 1.18. The highest BCUT2D eigenvalue weighted by molar-refractivity contribution is 5.76. The van der Waals surface area contributed by atoms with E-state index in [4.69, 9.17) is 0 Å². The van der Waals surface area contributed by atoms with Gasteiger partial charge < -0.3 is 10.6 Å². The summed E-state index contributed by atoms with van der Waals surface area (Å²) in [7, 11) is 0. The van der Waals surface area contributed by atoms with Crippen molar-refractivity contribution in [3.63, 3.8) is 0 Å². The van der Waals surface area contributed by atoms with Gasteiger partial charge in [0.2, 0.25) is 5.91 Å². The van der Waals surface area contributed by atoms with E-state index in [0.717, 1.165) is 16.9 Å². The first-order chi connectivity index (χ1) is 8.25. The fourth-order valence-electron chi connectivity index (χ4n) is 1.48. The quantitative estimate of drug-likeness (QED) is 0.774. The Balaban J connectivity index is 1.97. The Labute approximate surface area is 99.3 Å².